The minimum absolute atomic E-state index is 0.0601. The van der Waals surface area contributed by atoms with Crippen molar-refractivity contribution >= 4 is 5.97 Å². The van der Waals surface area contributed by atoms with Gasteiger partial charge in [-0.3, -0.25) is 4.79 Å². The average molecular weight is 256 g/mol. The lowest BCUT2D eigenvalue weighted by atomic mass is 10.0. The van der Waals surface area contributed by atoms with Crippen LogP contribution in [0.4, 0.5) is 4.39 Å². The van der Waals surface area contributed by atoms with Crippen LogP contribution < -0.4 is 4.74 Å². The molecule has 0 spiro atoms. The lowest BCUT2D eigenvalue weighted by molar-refractivity contribution is -0.137. The van der Waals surface area contributed by atoms with Gasteiger partial charge in [-0.15, -0.1) is 0 Å². The molecular weight excluding hydrogens is 239 g/mol. The number of methoxy groups -OCH3 is 2. The summed E-state index contributed by atoms with van der Waals surface area (Å²) in [5, 5.41) is 8.56. The summed E-state index contributed by atoms with van der Waals surface area (Å²) in [5.74, 6) is -1.12. The van der Waals surface area contributed by atoms with Gasteiger partial charge in [-0.2, -0.15) is 0 Å². The highest BCUT2D eigenvalue weighted by Crippen LogP contribution is 2.27. The zero-order valence-corrected chi connectivity index (χ0v) is 10.5. The molecular formula is C13H17FO4. The number of aryl methyl sites for hydroxylation is 1. The second kappa shape index (κ2) is 6.96. The van der Waals surface area contributed by atoms with Crippen LogP contribution in [0.3, 0.4) is 0 Å². The number of aliphatic carboxylic acids is 1. The number of carbonyl (C=O) groups is 1. The maximum absolute atomic E-state index is 14.0. The van der Waals surface area contributed by atoms with E-state index in [4.69, 9.17) is 14.6 Å². The normalized spacial score (nSPS) is 10.4. The highest BCUT2D eigenvalue weighted by molar-refractivity contribution is 5.66. The molecule has 0 saturated heterocycles. The van der Waals surface area contributed by atoms with Gasteiger partial charge in [0, 0.05) is 19.1 Å². The molecule has 100 valence electrons. The van der Waals surface area contributed by atoms with Crippen LogP contribution in [0.5, 0.6) is 5.75 Å². The van der Waals surface area contributed by atoms with Crippen LogP contribution in [0.15, 0.2) is 12.1 Å². The summed E-state index contributed by atoms with van der Waals surface area (Å²) in [7, 11) is 2.89. The number of benzene rings is 1. The van der Waals surface area contributed by atoms with Gasteiger partial charge < -0.3 is 14.6 Å². The van der Waals surface area contributed by atoms with E-state index in [1.165, 1.54) is 14.2 Å². The molecule has 4 nitrogen and oxygen atoms in total. The number of hydrogen-bond donors (Lipinski definition) is 1. The lowest BCUT2D eigenvalue weighted by Gasteiger charge is -2.12. The van der Waals surface area contributed by atoms with Crippen molar-refractivity contribution in [3.8, 4) is 5.75 Å². The standard InChI is InChI=1S/C13H17FO4/c1-17-8-10-7-6-9(4-3-5-11(15)16)13(18-2)12(10)14/h6-7H,3-5,8H2,1-2H3,(H,15,16). The predicted molar refractivity (Wildman–Crippen MR) is 64.2 cm³/mol. The summed E-state index contributed by atoms with van der Waals surface area (Å²) in [6, 6.07) is 3.38. The Labute approximate surface area is 105 Å². The highest BCUT2D eigenvalue weighted by Gasteiger charge is 2.14. The van der Waals surface area contributed by atoms with E-state index in [-0.39, 0.29) is 18.8 Å². The Hall–Kier alpha value is -1.62. The second-order valence-electron chi connectivity index (χ2n) is 3.91. The minimum atomic E-state index is -0.856. The van der Waals surface area contributed by atoms with Crippen molar-refractivity contribution in [1.29, 1.82) is 0 Å². The molecule has 0 aliphatic heterocycles. The van der Waals surface area contributed by atoms with Crippen molar-refractivity contribution in [1.82, 2.24) is 0 Å². The van der Waals surface area contributed by atoms with Crippen molar-refractivity contribution in [2.75, 3.05) is 14.2 Å². The second-order valence-corrected chi connectivity index (χ2v) is 3.91. The van der Waals surface area contributed by atoms with Gasteiger partial charge in [0.2, 0.25) is 0 Å². The summed E-state index contributed by atoms with van der Waals surface area (Å²) >= 11 is 0. The fraction of sp³-hybridized carbons (Fsp3) is 0.462. The largest absolute Gasteiger partial charge is 0.493 e. The molecule has 0 heterocycles. The zero-order valence-electron chi connectivity index (χ0n) is 10.5. The number of hydrogen-bond acceptors (Lipinski definition) is 3. The molecule has 0 radical (unpaired) electrons. The number of ether oxygens (including phenoxy) is 2. The first-order chi connectivity index (χ1) is 8.60. The monoisotopic (exact) mass is 256 g/mol. The maximum atomic E-state index is 14.0. The molecule has 0 aromatic heterocycles. The van der Waals surface area contributed by atoms with Crippen LogP contribution in [0.25, 0.3) is 0 Å². The first-order valence-corrected chi connectivity index (χ1v) is 5.65. The summed E-state index contributed by atoms with van der Waals surface area (Å²) in [4.78, 5) is 10.4. The van der Waals surface area contributed by atoms with Crippen LogP contribution in [0.1, 0.15) is 24.0 Å². The molecule has 5 heteroatoms. The van der Waals surface area contributed by atoms with Gasteiger partial charge in [-0.1, -0.05) is 12.1 Å². The van der Waals surface area contributed by atoms with Gasteiger partial charge in [-0.25, -0.2) is 4.39 Å². The molecule has 1 rings (SSSR count). The number of rotatable bonds is 7. The minimum Gasteiger partial charge on any atom is -0.493 e. The maximum Gasteiger partial charge on any atom is 0.303 e. The van der Waals surface area contributed by atoms with E-state index in [0.29, 0.717) is 24.0 Å². The van der Waals surface area contributed by atoms with E-state index >= 15 is 0 Å². The van der Waals surface area contributed by atoms with Gasteiger partial charge in [0.25, 0.3) is 0 Å². The molecule has 0 amide bonds. The van der Waals surface area contributed by atoms with E-state index in [1.807, 2.05) is 0 Å². The van der Waals surface area contributed by atoms with Crippen LogP contribution in [-0.4, -0.2) is 25.3 Å². The van der Waals surface area contributed by atoms with Gasteiger partial charge in [0.15, 0.2) is 11.6 Å². The molecule has 0 bridgehead atoms. The molecule has 0 atom stereocenters. The van der Waals surface area contributed by atoms with Crippen molar-refractivity contribution in [2.24, 2.45) is 0 Å². The molecule has 0 aliphatic carbocycles. The highest BCUT2D eigenvalue weighted by atomic mass is 19.1. The first kappa shape index (κ1) is 14.4. The van der Waals surface area contributed by atoms with Crippen molar-refractivity contribution in [2.45, 2.75) is 25.9 Å². The Kier molecular flexibility index (Phi) is 5.58. The van der Waals surface area contributed by atoms with Crippen molar-refractivity contribution in [3.63, 3.8) is 0 Å². The van der Waals surface area contributed by atoms with E-state index in [2.05, 4.69) is 0 Å². The third-order valence-electron chi connectivity index (χ3n) is 2.60. The summed E-state index contributed by atoms with van der Waals surface area (Å²) in [5.41, 5.74) is 1.10. The first-order valence-electron chi connectivity index (χ1n) is 5.65. The summed E-state index contributed by atoms with van der Waals surface area (Å²) < 4.78 is 23.9. The van der Waals surface area contributed by atoms with Crippen LogP contribution in [0.2, 0.25) is 0 Å². The quantitative estimate of drug-likeness (QED) is 0.813. The average Bonchev–Trinajstić information content (AvgIpc) is 2.32. The smallest absolute Gasteiger partial charge is 0.303 e. The molecule has 0 aliphatic rings. The van der Waals surface area contributed by atoms with Gasteiger partial charge >= 0.3 is 5.97 Å². The molecule has 0 unspecified atom stereocenters. The topological polar surface area (TPSA) is 55.8 Å². The van der Waals surface area contributed by atoms with Gasteiger partial charge in [0.05, 0.1) is 13.7 Å². The van der Waals surface area contributed by atoms with Crippen molar-refractivity contribution < 1.29 is 23.8 Å². The van der Waals surface area contributed by atoms with E-state index in [0.717, 1.165) is 0 Å². The Morgan fingerprint density at radius 3 is 2.56 bits per heavy atom. The molecule has 0 fully saturated rings. The van der Waals surface area contributed by atoms with Gasteiger partial charge in [-0.05, 0) is 18.4 Å². The predicted octanol–water partition coefficient (Wildman–Crippen LogP) is 2.39. The Balaban J connectivity index is 2.85. The Morgan fingerprint density at radius 2 is 2.00 bits per heavy atom. The molecule has 0 saturated carbocycles. The van der Waals surface area contributed by atoms with Crippen LogP contribution in [-0.2, 0) is 22.6 Å². The summed E-state index contributed by atoms with van der Waals surface area (Å²) in [6.45, 7) is 0.178. The van der Waals surface area contributed by atoms with Gasteiger partial charge in [0.1, 0.15) is 0 Å². The van der Waals surface area contributed by atoms with E-state index in [1.54, 1.807) is 12.1 Å². The fourth-order valence-electron chi connectivity index (χ4n) is 1.75. The third-order valence-corrected chi connectivity index (χ3v) is 2.60. The number of carboxylic acids is 1. The molecule has 1 aromatic rings. The number of carboxylic acid groups (broad SMARTS) is 1. The Bertz CT molecular complexity index is 418. The van der Waals surface area contributed by atoms with Crippen LogP contribution >= 0.6 is 0 Å². The molecule has 1 N–H and O–H groups in total. The summed E-state index contributed by atoms with van der Waals surface area (Å²) in [6.07, 6.45) is 0.985. The number of halogens is 1. The van der Waals surface area contributed by atoms with Crippen LogP contribution in [0, 0.1) is 5.82 Å². The fourth-order valence-corrected chi connectivity index (χ4v) is 1.75. The third kappa shape index (κ3) is 3.70. The van der Waals surface area contributed by atoms with Crippen molar-refractivity contribution in [3.05, 3.63) is 29.1 Å². The molecule has 1 aromatic carbocycles. The van der Waals surface area contributed by atoms with E-state index in [9.17, 15) is 9.18 Å². The Morgan fingerprint density at radius 1 is 1.33 bits per heavy atom. The lowest BCUT2D eigenvalue weighted by Crippen LogP contribution is -2.02. The van der Waals surface area contributed by atoms with E-state index < -0.39 is 11.8 Å². The molecule has 18 heavy (non-hydrogen) atoms. The SMILES string of the molecule is COCc1ccc(CCCC(=O)O)c(OC)c1F. The zero-order chi connectivity index (χ0) is 13.5.